The fourth-order valence-electron chi connectivity index (χ4n) is 3.07. The number of amides is 1. The highest BCUT2D eigenvalue weighted by Gasteiger charge is 2.25. The first-order chi connectivity index (χ1) is 13.7. The maximum atomic E-state index is 12.7. The zero-order valence-electron chi connectivity index (χ0n) is 15.8. The average molecular weight is 379 g/mol. The summed E-state index contributed by atoms with van der Waals surface area (Å²) < 4.78 is 15.9. The molecule has 0 unspecified atom stereocenters. The average Bonchev–Trinajstić information content (AvgIpc) is 3.16. The number of nitrogens with one attached hydrogen (secondary N) is 1. The number of aromatic nitrogens is 2. The predicted octanol–water partition coefficient (Wildman–Crippen LogP) is 4.27. The summed E-state index contributed by atoms with van der Waals surface area (Å²) in [4.78, 5) is 17.2. The maximum absolute atomic E-state index is 12.7. The number of hydrogen-bond acceptors (Lipinski definition) is 6. The van der Waals surface area contributed by atoms with Gasteiger partial charge in [-0.25, -0.2) is 0 Å². The second-order valence-electron chi connectivity index (χ2n) is 6.69. The van der Waals surface area contributed by atoms with Gasteiger partial charge in [0.1, 0.15) is 11.5 Å². The fourth-order valence-corrected chi connectivity index (χ4v) is 3.07. The van der Waals surface area contributed by atoms with Crippen molar-refractivity contribution >= 4 is 11.6 Å². The number of nitrogens with zero attached hydrogens (tertiary/aromatic N) is 2. The SMILES string of the molecule is COc1ccc(NC(=O)c2cccc(-c3noc(C4CCC4)n3)c2)c(OC)c1. The van der Waals surface area contributed by atoms with E-state index in [9.17, 15) is 4.79 Å². The Labute approximate surface area is 162 Å². The smallest absolute Gasteiger partial charge is 0.255 e. The molecule has 7 nitrogen and oxygen atoms in total. The Kier molecular flexibility index (Phi) is 4.97. The minimum Gasteiger partial charge on any atom is -0.497 e. The molecule has 1 aliphatic rings. The van der Waals surface area contributed by atoms with Crippen LogP contribution in [0, 0.1) is 0 Å². The van der Waals surface area contributed by atoms with E-state index in [-0.39, 0.29) is 5.91 Å². The van der Waals surface area contributed by atoms with E-state index in [1.165, 1.54) is 6.42 Å². The van der Waals surface area contributed by atoms with Gasteiger partial charge in [-0.1, -0.05) is 23.7 Å². The van der Waals surface area contributed by atoms with Crippen LogP contribution in [0.4, 0.5) is 5.69 Å². The van der Waals surface area contributed by atoms with Gasteiger partial charge in [0, 0.05) is 23.1 Å². The van der Waals surface area contributed by atoms with Crippen LogP contribution in [0.15, 0.2) is 47.0 Å². The van der Waals surface area contributed by atoms with E-state index in [1.807, 2.05) is 6.07 Å². The summed E-state index contributed by atoms with van der Waals surface area (Å²) in [5.74, 6) is 2.46. The fraction of sp³-hybridized carbons (Fsp3) is 0.286. The Morgan fingerprint density at radius 2 is 2.00 bits per heavy atom. The van der Waals surface area contributed by atoms with E-state index in [4.69, 9.17) is 14.0 Å². The van der Waals surface area contributed by atoms with E-state index >= 15 is 0 Å². The number of anilines is 1. The van der Waals surface area contributed by atoms with E-state index < -0.39 is 0 Å². The van der Waals surface area contributed by atoms with Crippen LogP contribution in [-0.2, 0) is 0 Å². The first-order valence-electron chi connectivity index (χ1n) is 9.15. The normalized spacial score (nSPS) is 13.6. The summed E-state index contributed by atoms with van der Waals surface area (Å²) in [6, 6.07) is 12.4. The summed E-state index contributed by atoms with van der Waals surface area (Å²) in [6.45, 7) is 0. The highest BCUT2D eigenvalue weighted by Crippen LogP contribution is 2.36. The molecule has 1 amide bonds. The Morgan fingerprint density at radius 3 is 2.71 bits per heavy atom. The van der Waals surface area contributed by atoms with Crippen molar-refractivity contribution in [1.82, 2.24) is 10.1 Å². The summed E-state index contributed by atoms with van der Waals surface area (Å²) >= 11 is 0. The van der Waals surface area contributed by atoms with E-state index in [0.29, 0.717) is 40.4 Å². The van der Waals surface area contributed by atoms with Gasteiger partial charge in [-0.3, -0.25) is 4.79 Å². The third kappa shape index (κ3) is 3.55. The molecule has 0 aliphatic heterocycles. The molecule has 4 rings (SSSR count). The number of methoxy groups -OCH3 is 2. The van der Waals surface area contributed by atoms with Gasteiger partial charge in [-0.15, -0.1) is 0 Å². The second kappa shape index (κ2) is 7.72. The highest BCUT2D eigenvalue weighted by atomic mass is 16.5. The van der Waals surface area contributed by atoms with Crippen molar-refractivity contribution in [2.45, 2.75) is 25.2 Å². The van der Waals surface area contributed by atoms with Crippen LogP contribution < -0.4 is 14.8 Å². The molecule has 7 heteroatoms. The monoisotopic (exact) mass is 379 g/mol. The van der Waals surface area contributed by atoms with Crippen LogP contribution in [0.5, 0.6) is 11.5 Å². The Morgan fingerprint density at radius 1 is 1.14 bits per heavy atom. The quantitative estimate of drug-likeness (QED) is 0.688. The topological polar surface area (TPSA) is 86.5 Å². The second-order valence-corrected chi connectivity index (χ2v) is 6.69. The molecule has 0 saturated heterocycles. The van der Waals surface area contributed by atoms with Gasteiger partial charge in [-0.2, -0.15) is 4.98 Å². The van der Waals surface area contributed by atoms with Crippen LogP contribution >= 0.6 is 0 Å². The minimum absolute atomic E-state index is 0.256. The third-order valence-corrected chi connectivity index (χ3v) is 4.94. The molecule has 1 heterocycles. The molecule has 1 aromatic heterocycles. The molecular formula is C21H21N3O4. The van der Waals surface area contributed by atoms with Crippen molar-refractivity contribution in [2.24, 2.45) is 0 Å². The molecule has 28 heavy (non-hydrogen) atoms. The molecule has 2 aromatic carbocycles. The largest absolute Gasteiger partial charge is 0.497 e. The van der Waals surface area contributed by atoms with Crippen molar-refractivity contribution in [3.05, 3.63) is 53.9 Å². The van der Waals surface area contributed by atoms with Gasteiger partial charge in [0.25, 0.3) is 5.91 Å². The van der Waals surface area contributed by atoms with Gasteiger partial charge in [-0.05, 0) is 37.1 Å². The summed E-state index contributed by atoms with van der Waals surface area (Å²) in [5.41, 5.74) is 1.79. The van der Waals surface area contributed by atoms with Crippen LogP contribution in [0.25, 0.3) is 11.4 Å². The molecule has 1 N–H and O–H groups in total. The van der Waals surface area contributed by atoms with Crippen LogP contribution in [0.3, 0.4) is 0 Å². The molecule has 3 aromatic rings. The van der Waals surface area contributed by atoms with Crippen molar-refractivity contribution in [2.75, 3.05) is 19.5 Å². The van der Waals surface area contributed by atoms with E-state index in [0.717, 1.165) is 18.4 Å². The molecular weight excluding hydrogens is 358 g/mol. The predicted molar refractivity (Wildman–Crippen MR) is 104 cm³/mol. The van der Waals surface area contributed by atoms with Crippen molar-refractivity contribution in [1.29, 1.82) is 0 Å². The number of ether oxygens (including phenoxy) is 2. The Balaban J connectivity index is 1.54. The lowest BCUT2D eigenvalue weighted by molar-refractivity contribution is 0.102. The maximum Gasteiger partial charge on any atom is 0.255 e. The number of carbonyl (C=O) groups excluding carboxylic acids is 1. The number of hydrogen-bond donors (Lipinski definition) is 1. The molecule has 0 bridgehead atoms. The Bertz CT molecular complexity index is 995. The molecule has 0 atom stereocenters. The van der Waals surface area contributed by atoms with Gasteiger partial charge >= 0.3 is 0 Å². The third-order valence-electron chi connectivity index (χ3n) is 4.94. The lowest BCUT2D eigenvalue weighted by Gasteiger charge is -2.20. The molecule has 0 spiro atoms. The van der Waals surface area contributed by atoms with Gasteiger partial charge in [0.05, 0.1) is 19.9 Å². The zero-order chi connectivity index (χ0) is 19.5. The van der Waals surface area contributed by atoms with Crippen molar-refractivity contribution in [3.63, 3.8) is 0 Å². The van der Waals surface area contributed by atoms with Crippen LogP contribution in [0.2, 0.25) is 0 Å². The van der Waals surface area contributed by atoms with Gasteiger partial charge in [0.2, 0.25) is 11.7 Å². The first-order valence-corrected chi connectivity index (χ1v) is 9.15. The lowest BCUT2D eigenvalue weighted by atomic mass is 9.85. The zero-order valence-corrected chi connectivity index (χ0v) is 15.8. The molecule has 144 valence electrons. The van der Waals surface area contributed by atoms with Crippen LogP contribution in [0.1, 0.15) is 41.4 Å². The summed E-state index contributed by atoms with van der Waals surface area (Å²) in [7, 11) is 3.12. The minimum atomic E-state index is -0.256. The number of benzene rings is 2. The summed E-state index contributed by atoms with van der Waals surface area (Å²) in [5, 5.41) is 6.93. The first kappa shape index (κ1) is 18.0. The van der Waals surface area contributed by atoms with Gasteiger partial charge in [0.15, 0.2) is 0 Å². The highest BCUT2D eigenvalue weighted by molar-refractivity contribution is 6.05. The molecule has 1 aliphatic carbocycles. The standard InChI is InChI=1S/C21H21N3O4/c1-26-16-9-10-17(18(12-16)27-2)22-20(25)15-8-4-7-14(11-15)19-23-21(28-24-19)13-5-3-6-13/h4,7-13H,3,5-6H2,1-2H3,(H,22,25). The number of carbonyl (C=O) groups is 1. The van der Waals surface area contributed by atoms with Crippen molar-refractivity contribution in [3.8, 4) is 22.9 Å². The van der Waals surface area contributed by atoms with E-state index in [2.05, 4.69) is 15.5 Å². The Hall–Kier alpha value is -3.35. The van der Waals surface area contributed by atoms with E-state index in [1.54, 1.807) is 50.6 Å². The molecule has 0 radical (unpaired) electrons. The number of rotatable bonds is 6. The van der Waals surface area contributed by atoms with Gasteiger partial charge < -0.3 is 19.3 Å². The summed E-state index contributed by atoms with van der Waals surface area (Å²) in [6.07, 6.45) is 3.38. The van der Waals surface area contributed by atoms with Crippen LogP contribution in [-0.4, -0.2) is 30.3 Å². The van der Waals surface area contributed by atoms with Crippen molar-refractivity contribution < 1.29 is 18.8 Å². The lowest BCUT2D eigenvalue weighted by Crippen LogP contribution is -2.12. The molecule has 1 fully saturated rings. The molecule has 1 saturated carbocycles.